The van der Waals surface area contributed by atoms with Crippen LogP contribution in [0.1, 0.15) is 27.7 Å². The molecule has 17 heavy (non-hydrogen) atoms. The maximum absolute atomic E-state index is 9.30. The molecule has 2 N–H and O–H groups in total. The molecule has 0 aliphatic heterocycles. The van der Waals surface area contributed by atoms with E-state index in [1.807, 2.05) is 26.0 Å². The molecule has 0 aromatic carbocycles. The molecule has 0 amide bonds. The van der Waals surface area contributed by atoms with Crippen LogP contribution in [-0.4, -0.2) is 28.8 Å². The quantitative estimate of drug-likeness (QED) is 0.798. The third-order valence-electron chi connectivity index (χ3n) is 2.46. The molecular formula is C13H22N2O2. The lowest BCUT2D eigenvalue weighted by Gasteiger charge is -2.22. The van der Waals surface area contributed by atoms with Crippen molar-refractivity contribution in [2.75, 3.05) is 11.9 Å². The minimum Gasteiger partial charge on any atom is -0.487 e. The van der Waals surface area contributed by atoms with Crippen molar-refractivity contribution in [3.63, 3.8) is 0 Å². The highest BCUT2D eigenvalue weighted by atomic mass is 16.5. The van der Waals surface area contributed by atoms with Crippen molar-refractivity contribution in [2.24, 2.45) is 5.92 Å². The minimum atomic E-state index is -0.0144. The van der Waals surface area contributed by atoms with Gasteiger partial charge in [-0.05, 0) is 31.9 Å². The molecule has 1 unspecified atom stereocenters. The second-order valence-corrected chi connectivity index (χ2v) is 4.69. The third kappa shape index (κ3) is 4.23. The largest absolute Gasteiger partial charge is 0.487 e. The van der Waals surface area contributed by atoms with Gasteiger partial charge in [-0.2, -0.15) is 0 Å². The van der Waals surface area contributed by atoms with Crippen molar-refractivity contribution in [3.8, 4) is 5.75 Å². The van der Waals surface area contributed by atoms with Crippen molar-refractivity contribution in [1.29, 1.82) is 0 Å². The molecule has 0 spiro atoms. The predicted molar refractivity (Wildman–Crippen MR) is 69.3 cm³/mol. The minimum absolute atomic E-state index is 0.0144. The van der Waals surface area contributed by atoms with E-state index in [1.54, 1.807) is 6.20 Å². The molecular weight excluding hydrogens is 216 g/mol. The Balaban J connectivity index is 2.82. The highest BCUT2D eigenvalue weighted by molar-refractivity contribution is 5.50. The lowest BCUT2D eigenvalue weighted by Crippen LogP contribution is -2.30. The van der Waals surface area contributed by atoms with E-state index in [0.717, 1.165) is 5.75 Å². The van der Waals surface area contributed by atoms with E-state index in [2.05, 4.69) is 24.1 Å². The van der Waals surface area contributed by atoms with Gasteiger partial charge >= 0.3 is 0 Å². The second-order valence-electron chi connectivity index (χ2n) is 4.69. The van der Waals surface area contributed by atoms with Crippen LogP contribution in [0.4, 0.5) is 5.82 Å². The Morgan fingerprint density at radius 2 is 2.06 bits per heavy atom. The predicted octanol–water partition coefficient (Wildman–Crippen LogP) is 2.30. The second kappa shape index (κ2) is 6.45. The fourth-order valence-corrected chi connectivity index (χ4v) is 1.45. The zero-order chi connectivity index (χ0) is 12.8. The van der Waals surface area contributed by atoms with Crippen molar-refractivity contribution >= 4 is 5.82 Å². The Hall–Kier alpha value is -1.29. The smallest absolute Gasteiger partial charge is 0.169 e. The van der Waals surface area contributed by atoms with E-state index in [-0.39, 0.29) is 18.8 Å². The Morgan fingerprint density at radius 1 is 1.35 bits per heavy atom. The zero-order valence-corrected chi connectivity index (χ0v) is 11.0. The summed E-state index contributed by atoms with van der Waals surface area (Å²) in [6.07, 6.45) is 1.82. The van der Waals surface area contributed by atoms with Crippen LogP contribution in [0.3, 0.4) is 0 Å². The number of nitrogens with one attached hydrogen (secondary N) is 1. The van der Waals surface area contributed by atoms with E-state index in [0.29, 0.717) is 11.7 Å². The molecule has 0 radical (unpaired) electrons. The maximum Gasteiger partial charge on any atom is 0.169 e. The molecule has 1 rings (SSSR count). The van der Waals surface area contributed by atoms with Crippen molar-refractivity contribution in [2.45, 2.75) is 39.8 Å². The van der Waals surface area contributed by atoms with Crippen LogP contribution in [0.25, 0.3) is 0 Å². The van der Waals surface area contributed by atoms with Crippen LogP contribution in [-0.2, 0) is 0 Å². The van der Waals surface area contributed by atoms with Gasteiger partial charge in [-0.25, -0.2) is 4.98 Å². The Bertz CT molecular complexity index is 340. The summed E-state index contributed by atoms with van der Waals surface area (Å²) in [7, 11) is 0. The van der Waals surface area contributed by atoms with E-state index in [9.17, 15) is 5.11 Å². The molecule has 1 aromatic rings. The molecule has 1 heterocycles. The normalized spacial score (nSPS) is 12.9. The summed E-state index contributed by atoms with van der Waals surface area (Å²) in [4.78, 5) is 4.25. The third-order valence-corrected chi connectivity index (χ3v) is 2.46. The number of nitrogens with zero attached hydrogens (tertiary/aromatic N) is 1. The van der Waals surface area contributed by atoms with E-state index in [1.165, 1.54) is 0 Å². The Kier molecular flexibility index (Phi) is 5.22. The van der Waals surface area contributed by atoms with Gasteiger partial charge < -0.3 is 15.2 Å². The number of anilines is 1. The van der Waals surface area contributed by atoms with Crippen LogP contribution in [0.2, 0.25) is 0 Å². The van der Waals surface area contributed by atoms with Crippen LogP contribution in [0.5, 0.6) is 5.75 Å². The highest BCUT2D eigenvalue weighted by Gasteiger charge is 2.15. The summed E-state index contributed by atoms with van der Waals surface area (Å²) < 4.78 is 5.66. The van der Waals surface area contributed by atoms with Gasteiger partial charge in [0, 0.05) is 6.20 Å². The summed E-state index contributed by atoms with van der Waals surface area (Å²) in [6, 6.07) is 3.70. The number of rotatable bonds is 6. The average Bonchev–Trinajstić information content (AvgIpc) is 2.26. The molecule has 1 aromatic heterocycles. The van der Waals surface area contributed by atoms with E-state index in [4.69, 9.17) is 4.74 Å². The van der Waals surface area contributed by atoms with Gasteiger partial charge in [0.1, 0.15) is 0 Å². The SMILES string of the molecule is CC(C)Oc1cccnc1NC(CO)C(C)C. The van der Waals surface area contributed by atoms with Gasteiger partial charge in [0.2, 0.25) is 0 Å². The molecule has 0 fully saturated rings. The number of hydrogen-bond donors (Lipinski definition) is 2. The molecule has 0 bridgehead atoms. The monoisotopic (exact) mass is 238 g/mol. The first kappa shape index (κ1) is 13.8. The topological polar surface area (TPSA) is 54.4 Å². The molecule has 0 saturated carbocycles. The summed E-state index contributed by atoms with van der Waals surface area (Å²) in [6.45, 7) is 8.14. The molecule has 0 saturated heterocycles. The zero-order valence-electron chi connectivity index (χ0n) is 11.0. The van der Waals surface area contributed by atoms with E-state index < -0.39 is 0 Å². The Morgan fingerprint density at radius 3 is 2.59 bits per heavy atom. The van der Waals surface area contributed by atoms with Crippen LogP contribution >= 0.6 is 0 Å². The first-order valence-corrected chi connectivity index (χ1v) is 6.03. The average molecular weight is 238 g/mol. The lowest BCUT2D eigenvalue weighted by atomic mass is 10.1. The van der Waals surface area contributed by atoms with Gasteiger partial charge in [0.25, 0.3) is 0 Å². The van der Waals surface area contributed by atoms with Crippen LogP contribution in [0, 0.1) is 5.92 Å². The number of aliphatic hydroxyl groups is 1. The summed E-state index contributed by atoms with van der Waals surface area (Å²) in [5, 5.41) is 12.5. The number of hydrogen-bond acceptors (Lipinski definition) is 4. The lowest BCUT2D eigenvalue weighted by molar-refractivity contribution is 0.237. The number of aromatic nitrogens is 1. The molecule has 4 nitrogen and oxygen atoms in total. The van der Waals surface area contributed by atoms with Gasteiger partial charge in [0.05, 0.1) is 18.8 Å². The summed E-state index contributed by atoms with van der Waals surface area (Å²) in [5.41, 5.74) is 0. The first-order valence-electron chi connectivity index (χ1n) is 6.03. The summed E-state index contributed by atoms with van der Waals surface area (Å²) >= 11 is 0. The molecule has 4 heteroatoms. The van der Waals surface area contributed by atoms with Gasteiger partial charge in [-0.1, -0.05) is 13.8 Å². The molecule has 96 valence electrons. The Labute approximate surface area is 103 Å². The fourth-order valence-electron chi connectivity index (χ4n) is 1.45. The van der Waals surface area contributed by atoms with Gasteiger partial charge in [-0.15, -0.1) is 0 Å². The molecule has 0 aliphatic carbocycles. The summed E-state index contributed by atoms with van der Waals surface area (Å²) in [5.74, 6) is 1.74. The first-order chi connectivity index (χ1) is 8.04. The van der Waals surface area contributed by atoms with Crippen molar-refractivity contribution in [3.05, 3.63) is 18.3 Å². The maximum atomic E-state index is 9.30. The van der Waals surface area contributed by atoms with Crippen LogP contribution < -0.4 is 10.1 Å². The fraction of sp³-hybridized carbons (Fsp3) is 0.615. The van der Waals surface area contributed by atoms with Gasteiger partial charge in [0.15, 0.2) is 11.6 Å². The van der Waals surface area contributed by atoms with Gasteiger partial charge in [-0.3, -0.25) is 0 Å². The van der Waals surface area contributed by atoms with E-state index >= 15 is 0 Å². The molecule has 1 atom stereocenters. The van der Waals surface area contributed by atoms with Crippen LogP contribution in [0.15, 0.2) is 18.3 Å². The molecule has 0 aliphatic rings. The van der Waals surface area contributed by atoms with Crippen molar-refractivity contribution < 1.29 is 9.84 Å². The highest BCUT2D eigenvalue weighted by Crippen LogP contribution is 2.23. The number of ether oxygens (including phenoxy) is 1. The van der Waals surface area contributed by atoms with Crippen molar-refractivity contribution in [1.82, 2.24) is 4.98 Å². The number of aliphatic hydroxyl groups excluding tert-OH is 1. The number of pyridine rings is 1. The standard InChI is InChI=1S/C13H22N2O2/c1-9(2)11(8-16)15-13-12(17-10(3)4)6-5-7-14-13/h5-7,9-11,16H,8H2,1-4H3,(H,14,15).